The molecule has 4 heteroatoms. The summed E-state index contributed by atoms with van der Waals surface area (Å²) in [6.07, 6.45) is 4.96. The fourth-order valence-electron chi connectivity index (χ4n) is 3.53. The second-order valence-electron chi connectivity index (χ2n) is 6.01. The highest BCUT2D eigenvalue weighted by Crippen LogP contribution is 2.40. The highest BCUT2D eigenvalue weighted by molar-refractivity contribution is 5.85. The van der Waals surface area contributed by atoms with Crippen LogP contribution in [0.5, 0.6) is 5.75 Å². The van der Waals surface area contributed by atoms with Crippen LogP contribution < -0.4 is 10.5 Å². The Balaban J connectivity index is 2.33. The molecule has 0 bridgehead atoms. The molecule has 2 aromatic carbocycles. The van der Waals surface area contributed by atoms with Gasteiger partial charge in [0.15, 0.2) is 0 Å². The zero-order chi connectivity index (χ0) is 17.1. The fraction of sp³-hybridized carbons (Fsp3) is 0.300. The lowest BCUT2D eigenvalue weighted by molar-refractivity contribution is 0.415. The highest BCUT2D eigenvalue weighted by atomic mass is 16.5. The van der Waals surface area contributed by atoms with Crippen LogP contribution in [0, 0.1) is 22.7 Å². The quantitative estimate of drug-likeness (QED) is 0.671. The number of rotatable bonds is 2. The monoisotopic (exact) mass is 317 g/mol. The third kappa shape index (κ3) is 2.57. The van der Waals surface area contributed by atoms with E-state index in [2.05, 4.69) is 12.1 Å². The number of benzene rings is 2. The second-order valence-corrected chi connectivity index (χ2v) is 6.01. The van der Waals surface area contributed by atoms with Gasteiger partial charge in [-0.1, -0.05) is 18.6 Å². The predicted octanol–water partition coefficient (Wildman–Crippen LogP) is 3.96. The fourth-order valence-corrected chi connectivity index (χ4v) is 3.53. The van der Waals surface area contributed by atoms with E-state index >= 15 is 0 Å². The average molecular weight is 317 g/mol. The summed E-state index contributed by atoms with van der Waals surface area (Å²) in [5.41, 5.74) is 11.4. The standard InChI is InChI=1S/C20H19N3O/c1-24-14-9-7-13(8-10-14)19-16-6-4-2-3-5-15(16)17(11-21)20(23)18(19)12-22/h7-10H,2-6,23H2,1H3. The van der Waals surface area contributed by atoms with Gasteiger partial charge in [-0.3, -0.25) is 0 Å². The van der Waals surface area contributed by atoms with Crippen LogP contribution in [0.25, 0.3) is 11.1 Å². The van der Waals surface area contributed by atoms with Gasteiger partial charge in [0.25, 0.3) is 0 Å². The molecule has 4 nitrogen and oxygen atoms in total. The lowest BCUT2D eigenvalue weighted by Gasteiger charge is -2.19. The molecule has 2 aromatic rings. The molecule has 0 unspecified atom stereocenters. The lowest BCUT2D eigenvalue weighted by Crippen LogP contribution is -2.07. The maximum atomic E-state index is 9.69. The summed E-state index contributed by atoms with van der Waals surface area (Å²) in [6, 6.07) is 12.1. The SMILES string of the molecule is COc1ccc(-c2c(C#N)c(N)c(C#N)c3c2CCCCC3)cc1. The number of nitrogens with zero attached hydrogens (tertiary/aromatic N) is 2. The summed E-state index contributed by atoms with van der Waals surface area (Å²) in [4.78, 5) is 0. The molecule has 120 valence electrons. The van der Waals surface area contributed by atoms with Gasteiger partial charge in [-0.05, 0) is 54.5 Å². The Morgan fingerprint density at radius 3 is 2.12 bits per heavy atom. The molecule has 0 spiro atoms. The van der Waals surface area contributed by atoms with E-state index in [9.17, 15) is 10.5 Å². The van der Waals surface area contributed by atoms with Crippen LogP contribution in [0.1, 0.15) is 41.5 Å². The first kappa shape index (κ1) is 15.9. The molecule has 0 radical (unpaired) electrons. The van der Waals surface area contributed by atoms with Crippen LogP contribution in [-0.2, 0) is 12.8 Å². The summed E-state index contributed by atoms with van der Waals surface area (Å²) in [5.74, 6) is 0.768. The average Bonchev–Trinajstić information content (AvgIpc) is 2.86. The van der Waals surface area contributed by atoms with Crippen molar-refractivity contribution in [1.82, 2.24) is 0 Å². The minimum absolute atomic E-state index is 0.312. The molecule has 0 saturated heterocycles. The Bertz CT molecular complexity index is 855. The van der Waals surface area contributed by atoms with E-state index in [4.69, 9.17) is 10.5 Å². The van der Waals surface area contributed by atoms with Crippen molar-refractivity contribution in [1.29, 1.82) is 10.5 Å². The van der Waals surface area contributed by atoms with Crippen LogP contribution in [0.3, 0.4) is 0 Å². The van der Waals surface area contributed by atoms with Gasteiger partial charge in [0.2, 0.25) is 0 Å². The Morgan fingerprint density at radius 1 is 0.917 bits per heavy atom. The van der Waals surface area contributed by atoms with Gasteiger partial charge < -0.3 is 10.5 Å². The molecule has 24 heavy (non-hydrogen) atoms. The number of anilines is 1. The molecular formula is C20H19N3O. The topological polar surface area (TPSA) is 82.8 Å². The van der Waals surface area contributed by atoms with E-state index in [0.717, 1.165) is 60.1 Å². The van der Waals surface area contributed by atoms with Crippen LogP contribution in [0.4, 0.5) is 5.69 Å². The van der Waals surface area contributed by atoms with Crippen molar-refractivity contribution in [2.75, 3.05) is 12.8 Å². The van der Waals surface area contributed by atoms with E-state index in [0.29, 0.717) is 16.8 Å². The predicted molar refractivity (Wildman–Crippen MR) is 93.5 cm³/mol. The van der Waals surface area contributed by atoms with E-state index in [1.807, 2.05) is 24.3 Å². The minimum Gasteiger partial charge on any atom is -0.497 e. The van der Waals surface area contributed by atoms with Gasteiger partial charge in [-0.2, -0.15) is 10.5 Å². The molecule has 2 N–H and O–H groups in total. The number of methoxy groups -OCH3 is 1. The Labute approximate surface area is 142 Å². The first-order chi connectivity index (χ1) is 11.7. The molecule has 0 amide bonds. The molecule has 0 aliphatic heterocycles. The van der Waals surface area contributed by atoms with E-state index in [-0.39, 0.29) is 0 Å². The Hall–Kier alpha value is -2.98. The van der Waals surface area contributed by atoms with E-state index in [1.165, 1.54) is 0 Å². The van der Waals surface area contributed by atoms with Crippen molar-refractivity contribution >= 4 is 5.69 Å². The molecule has 0 aromatic heterocycles. The number of nitrogens with two attached hydrogens (primary N) is 1. The molecule has 0 heterocycles. The summed E-state index contributed by atoms with van der Waals surface area (Å²) < 4.78 is 5.22. The Morgan fingerprint density at radius 2 is 1.54 bits per heavy atom. The number of nitriles is 2. The Kier molecular flexibility index (Phi) is 4.40. The summed E-state index contributed by atoms with van der Waals surface area (Å²) in [5, 5.41) is 19.2. The number of hydrogen-bond acceptors (Lipinski definition) is 4. The van der Waals surface area contributed by atoms with Gasteiger partial charge in [0.05, 0.1) is 23.9 Å². The largest absolute Gasteiger partial charge is 0.497 e. The normalized spacial score (nSPS) is 13.3. The van der Waals surface area contributed by atoms with Crippen LogP contribution in [-0.4, -0.2) is 7.11 Å². The smallest absolute Gasteiger partial charge is 0.118 e. The molecule has 0 fully saturated rings. The van der Waals surface area contributed by atoms with Crippen molar-refractivity contribution in [3.8, 4) is 29.0 Å². The summed E-state index contributed by atoms with van der Waals surface area (Å²) in [6.45, 7) is 0. The van der Waals surface area contributed by atoms with Gasteiger partial charge in [0.1, 0.15) is 17.9 Å². The van der Waals surface area contributed by atoms with E-state index in [1.54, 1.807) is 7.11 Å². The molecule has 1 aliphatic carbocycles. The van der Waals surface area contributed by atoms with Crippen LogP contribution in [0.15, 0.2) is 24.3 Å². The minimum atomic E-state index is 0.312. The van der Waals surface area contributed by atoms with Gasteiger partial charge in [-0.25, -0.2) is 0 Å². The maximum absolute atomic E-state index is 9.69. The zero-order valence-corrected chi connectivity index (χ0v) is 13.7. The van der Waals surface area contributed by atoms with Crippen LogP contribution in [0.2, 0.25) is 0 Å². The van der Waals surface area contributed by atoms with E-state index < -0.39 is 0 Å². The van der Waals surface area contributed by atoms with Crippen molar-refractivity contribution < 1.29 is 4.74 Å². The third-order valence-corrected chi connectivity index (χ3v) is 4.71. The number of fused-ring (bicyclic) bond motifs is 1. The number of nitrogen functional groups attached to an aromatic ring is 1. The second kappa shape index (κ2) is 6.64. The van der Waals surface area contributed by atoms with Crippen molar-refractivity contribution in [2.45, 2.75) is 32.1 Å². The first-order valence-electron chi connectivity index (χ1n) is 8.13. The summed E-state index contributed by atoms with van der Waals surface area (Å²) in [7, 11) is 1.63. The molecule has 3 rings (SSSR count). The van der Waals surface area contributed by atoms with Gasteiger partial charge in [0, 0.05) is 5.56 Å². The van der Waals surface area contributed by atoms with Crippen molar-refractivity contribution in [2.24, 2.45) is 0 Å². The molecular weight excluding hydrogens is 298 g/mol. The third-order valence-electron chi connectivity index (χ3n) is 4.71. The maximum Gasteiger partial charge on any atom is 0.118 e. The first-order valence-corrected chi connectivity index (χ1v) is 8.13. The van der Waals surface area contributed by atoms with Crippen molar-refractivity contribution in [3.05, 3.63) is 46.5 Å². The van der Waals surface area contributed by atoms with Crippen LogP contribution >= 0.6 is 0 Å². The molecule has 0 atom stereocenters. The lowest BCUT2D eigenvalue weighted by atomic mass is 9.84. The van der Waals surface area contributed by atoms with Gasteiger partial charge in [-0.15, -0.1) is 0 Å². The molecule has 1 aliphatic rings. The molecule has 0 saturated carbocycles. The van der Waals surface area contributed by atoms with Gasteiger partial charge >= 0.3 is 0 Å². The summed E-state index contributed by atoms with van der Waals surface area (Å²) >= 11 is 0. The zero-order valence-electron chi connectivity index (χ0n) is 13.7. The number of ether oxygens (including phenoxy) is 1. The number of hydrogen-bond donors (Lipinski definition) is 1. The van der Waals surface area contributed by atoms with Crippen molar-refractivity contribution in [3.63, 3.8) is 0 Å². The highest BCUT2D eigenvalue weighted by Gasteiger charge is 2.24.